The molecule has 2 amide bonds. The van der Waals surface area contributed by atoms with E-state index in [2.05, 4.69) is 30.8 Å². The minimum absolute atomic E-state index is 0.0174. The average Bonchev–Trinajstić information content (AvgIpc) is 3.60. The van der Waals surface area contributed by atoms with Crippen molar-refractivity contribution in [3.63, 3.8) is 0 Å². The van der Waals surface area contributed by atoms with Crippen LogP contribution in [-0.2, 0) is 4.74 Å². The predicted octanol–water partition coefficient (Wildman–Crippen LogP) is 5.47. The molecule has 0 spiro atoms. The number of hydrogen-bond acceptors (Lipinski definition) is 8. The lowest BCUT2D eigenvalue weighted by Crippen LogP contribution is -2.53. The van der Waals surface area contributed by atoms with E-state index in [1.54, 1.807) is 25.2 Å². The van der Waals surface area contributed by atoms with Gasteiger partial charge in [0.1, 0.15) is 22.8 Å². The van der Waals surface area contributed by atoms with E-state index in [9.17, 15) is 9.59 Å². The van der Waals surface area contributed by atoms with Crippen molar-refractivity contribution in [2.75, 3.05) is 50.5 Å². The molecule has 1 aliphatic carbocycles. The lowest BCUT2D eigenvalue weighted by Gasteiger charge is -2.47. The van der Waals surface area contributed by atoms with E-state index in [0.29, 0.717) is 29.3 Å². The molecule has 0 unspecified atom stereocenters. The molecule has 3 aliphatic rings. The number of ether oxygens (including phenoxy) is 1. The number of fused-ring (bicyclic) bond motifs is 1. The summed E-state index contributed by atoms with van der Waals surface area (Å²) in [5.74, 6) is 2.40. The topological polar surface area (TPSA) is 109 Å². The number of hydrogen-bond donors (Lipinski definition) is 1. The number of nitrogens with one attached hydrogen (secondary N) is 1. The van der Waals surface area contributed by atoms with Gasteiger partial charge in [-0.1, -0.05) is 12.8 Å². The van der Waals surface area contributed by atoms with Crippen molar-refractivity contribution in [1.82, 2.24) is 29.3 Å². The quantitative estimate of drug-likeness (QED) is 0.404. The zero-order chi connectivity index (χ0) is 30.3. The van der Waals surface area contributed by atoms with Gasteiger partial charge >= 0.3 is 6.09 Å². The van der Waals surface area contributed by atoms with Crippen LogP contribution in [0.3, 0.4) is 0 Å². The van der Waals surface area contributed by atoms with E-state index in [4.69, 9.17) is 9.72 Å². The molecule has 43 heavy (non-hydrogen) atoms. The molecule has 3 aromatic rings. The zero-order valence-electron chi connectivity index (χ0n) is 26.0. The minimum Gasteiger partial charge on any atom is -0.444 e. The Bertz CT molecular complexity index is 1460. The third kappa shape index (κ3) is 6.26. The van der Waals surface area contributed by atoms with Gasteiger partial charge in [-0.15, -0.1) is 0 Å². The van der Waals surface area contributed by atoms with E-state index in [0.717, 1.165) is 81.4 Å². The Morgan fingerprint density at radius 1 is 0.977 bits per heavy atom. The van der Waals surface area contributed by atoms with Gasteiger partial charge in [0.05, 0.1) is 11.9 Å². The maximum Gasteiger partial charge on any atom is 0.410 e. The lowest BCUT2D eigenvalue weighted by atomic mass is 9.79. The normalized spacial score (nSPS) is 18.6. The van der Waals surface area contributed by atoms with Crippen LogP contribution in [0.2, 0.25) is 0 Å². The fraction of sp³-hybridized carbons (Fsp3) is 0.594. The second-order valence-electron chi connectivity index (χ2n) is 13.5. The summed E-state index contributed by atoms with van der Waals surface area (Å²) in [4.78, 5) is 45.2. The fourth-order valence-electron chi connectivity index (χ4n) is 6.66. The van der Waals surface area contributed by atoms with Gasteiger partial charge in [-0.3, -0.25) is 4.79 Å². The van der Waals surface area contributed by atoms with Gasteiger partial charge in [0, 0.05) is 57.9 Å². The molecule has 11 nitrogen and oxygen atoms in total. The molecule has 0 aromatic carbocycles. The second kappa shape index (κ2) is 11.7. The first-order valence-corrected chi connectivity index (χ1v) is 15.6. The molecule has 3 aromatic heterocycles. The first-order valence-electron chi connectivity index (χ1n) is 15.6. The molecule has 2 saturated heterocycles. The Hall–Kier alpha value is -3.89. The molecule has 5 heterocycles. The summed E-state index contributed by atoms with van der Waals surface area (Å²) in [5.41, 5.74) is 2.10. The standard InChI is InChI=1S/C32H44N8O3/c1-32(2,3)43-31(42)38-14-12-21(13-15-38)23-19-39(20-23)25-10-11-27(33-18-25)35-30-34-17-22-16-26(29(41)37(4)5)40(28(22)36-30)24-8-6-7-9-24/h10-11,16-18,21,23-24H,6-9,12-15,19-20H2,1-5H3,(H,33,34,35,36). The molecule has 0 bridgehead atoms. The average molecular weight is 589 g/mol. The van der Waals surface area contributed by atoms with Crippen molar-refractivity contribution in [3.8, 4) is 0 Å². The SMILES string of the molecule is CN(C)C(=O)c1cc2cnc(Nc3ccc(N4CC(C5CCN(C(=O)OC(C)(C)C)CC5)C4)cn3)nc2n1C1CCCC1. The van der Waals surface area contributed by atoms with Crippen LogP contribution in [-0.4, -0.2) is 87.2 Å². The monoisotopic (exact) mass is 588 g/mol. The summed E-state index contributed by atoms with van der Waals surface area (Å²) >= 11 is 0. The predicted molar refractivity (Wildman–Crippen MR) is 167 cm³/mol. The Morgan fingerprint density at radius 2 is 1.70 bits per heavy atom. The molecule has 0 radical (unpaired) electrons. The number of anilines is 3. The highest BCUT2D eigenvalue weighted by molar-refractivity contribution is 5.97. The smallest absolute Gasteiger partial charge is 0.410 e. The Labute approximate surface area is 253 Å². The highest BCUT2D eigenvalue weighted by Gasteiger charge is 2.37. The highest BCUT2D eigenvalue weighted by Crippen LogP contribution is 2.36. The molecule has 0 atom stereocenters. The maximum atomic E-state index is 13.0. The number of pyridine rings is 1. The minimum atomic E-state index is -0.458. The molecule has 11 heteroatoms. The zero-order valence-corrected chi connectivity index (χ0v) is 26.0. The van der Waals surface area contributed by atoms with Gasteiger partial charge in [0.2, 0.25) is 5.95 Å². The van der Waals surface area contributed by atoms with Crippen LogP contribution >= 0.6 is 0 Å². The summed E-state index contributed by atoms with van der Waals surface area (Å²) in [6.45, 7) is 9.29. The number of aromatic nitrogens is 4. The largest absolute Gasteiger partial charge is 0.444 e. The number of carbonyl (C=O) groups excluding carboxylic acids is 2. The van der Waals surface area contributed by atoms with Crippen LogP contribution in [0.1, 0.15) is 75.8 Å². The first-order chi connectivity index (χ1) is 20.6. The molecule has 2 aliphatic heterocycles. The molecular formula is C32H44N8O3. The van der Waals surface area contributed by atoms with Crippen molar-refractivity contribution in [2.45, 2.75) is 70.9 Å². The number of carbonyl (C=O) groups is 2. The molecule has 1 saturated carbocycles. The third-order valence-corrected chi connectivity index (χ3v) is 9.01. The van der Waals surface area contributed by atoms with Crippen LogP contribution in [0.4, 0.5) is 22.2 Å². The number of piperidine rings is 1. The van der Waals surface area contributed by atoms with Crippen molar-refractivity contribution in [1.29, 1.82) is 0 Å². The lowest BCUT2D eigenvalue weighted by molar-refractivity contribution is 0.0151. The summed E-state index contributed by atoms with van der Waals surface area (Å²) < 4.78 is 7.66. The van der Waals surface area contributed by atoms with Crippen molar-refractivity contribution in [2.24, 2.45) is 11.8 Å². The van der Waals surface area contributed by atoms with Gasteiger partial charge < -0.3 is 29.3 Å². The summed E-state index contributed by atoms with van der Waals surface area (Å²) in [6.07, 6.45) is 9.97. The van der Waals surface area contributed by atoms with Crippen LogP contribution in [0, 0.1) is 11.8 Å². The Kier molecular flexibility index (Phi) is 7.91. The number of rotatable bonds is 6. The molecule has 1 N–H and O–H groups in total. The van der Waals surface area contributed by atoms with E-state index in [-0.39, 0.29) is 18.0 Å². The number of nitrogens with zero attached hydrogens (tertiary/aromatic N) is 7. The van der Waals surface area contributed by atoms with Gasteiger partial charge in [0.25, 0.3) is 5.91 Å². The van der Waals surface area contributed by atoms with Crippen molar-refractivity contribution in [3.05, 3.63) is 36.3 Å². The highest BCUT2D eigenvalue weighted by atomic mass is 16.6. The van der Waals surface area contributed by atoms with Crippen LogP contribution in [0.25, 0.3) is 11.0 Å². The van der Waals surface area contributed by atoms with E-state index in [1.807, 2.05) is 44.0 Å². The van der Waals surface area contributed by atoms with E-state index >= 15 is 0 Å². The Balaban J connectivity index is 1.06. The third-order valence-electron chi connectivity index (χ3n) is 9.01. The van der Waals surface area contributed by atoms with Crippen molar-refractivity contribution < 1.29 is 14.3 Å². The van der Waals surface area contributed by atoms with Crippen LogP contribution < -0.4 is 10.2 Å². The summed E-state index contributed by atoms with van der Waals surface area (Å²) in [7, 11) is 3.56. The molecular weight excluding hydrogens is 544 g/mol. The van der Waals surface area contributed by atoms with E-state index < -0.39 is 5.60 Å². The van der Waals surface area contributed by atoms with Gasteiger partial charge in [-0.2, -0.15) is 4.98 Å². The first kappa shape index (κ1) is 29.2. The molecule has 3 fully saturated rings. The summed E-state index contributed by atoms with van der Waals surface area (Å²) in [5, 5.41) is 4.13. The van der Waals surface area contributed by atoms with Crippen LogP contribution in [0.15, 0.2) is 30.6 Å². The van der Waals surface area contributed by atoms with Gasteiger partial charge in [-0.25, -0.2) is 14.8 Å². The van der Waals surface area contributed by atoms with Gasteiger partial charge in [0.15, 0.2) is 0 Å². The number of amides is 2. The van der Waals surface area contributed by atoms with Gasteiger partial charge in [-0.05, 0) is 76.5 Å². The fourth-order valence-corrected chi connectivity index (χ4v) is 6.66. The van der Waals surface area contributed by atoms with E-state index in [1.165, 1.54) is 0 Å². The van der Waals surface area contributed by atoms with Crippen LogP contribution in [0.5, 0.6) is 0 Å². The number of likely N-dealkylation sites (tertiary alicyclic amines) is 1. The summed E-state index contributed by atoms with van der Waals surface area (Å²) in [6, 6.07) is 6.24. The van der Waals surface area contributed by atoms with Crippen molar-refractivity contribution >= 4 is 40.5 Å². The molecule has 6 rings (SSSR count). The maximum absolute atomic E-state index is 13.0. The molecule has 230 valence electrons. The Morgan fingerprint density at radius 3 is 2.33 bits per heavy atom. The second-order valence-corrected chi connectivity index (χ2v) is 13.5.